The Morgan fingerprint density at radius 1 is 0.405 bits per heavy atom. The predicted molar refractivity (Wildman–Crippen MR) is 303 cm³/mol. The molecule has 10 heterocycles. The average molecular weight is 1280 g/mol. The molecule has 0 bridgehead atoms. The first-order valence-corrected chi connectivity index (χ1v) is 24.7. The summed E-state index contributed by atoms with van der Waals surface area (Å²) in [5.74, 6) is -0.536. The van der Waals surface area contributed by atoms with Gasteiger partial charge in [-0.15, -0.1) is 0 Å². The molecular formula is C62H39N12O8Ru2-. The van der Waals surface area contributed by atoms with E-state index in [2.05, 4.69) is 118 Å². The molecule has 1 N–H and O–H groups in total. The molecule has 10 aromatic heterocycles. The first-order chi connectivity index (χ1) is 40.2. The van der Waals surface area contributed by atoms with Gasteiger partial charge in [0.05, 0.1) is 56.4 Å². The number of pyridine rings is 8. The molecule has 0 saturated heterocycles. The summed E-state index contributed by atoms with van der Waals surface area (Å²) in [6, 6.07) is 51.3. The van der Waals surface area contributed by atoms with Crippen LogP contribution in [0.2, 0.25) is 0 Å². The van der Waals surface area contributed by atoms with Crippen molar-refractivity contribution in [3.8, 4) is 45.9 Å². The van der Waals surface area contributed by atoms with Crippen molar-refractivity contribution in [1.29, 1.82) is 0 Å². The summed E-state index contributed by atoms with van der Waals surface area (Å²) in [6.07, 6.45) is 12.8. The molecule has 0 spiro atoms. The van der Waals surface area contributed by atoms with E-state index < -0.39 is 11.9 Å². The summed E-state index contributed by atoms with van der Waals surface area (Å²) in [6.45, 7) is 0.602. The minimum atomic E-state index is -1.29. The SMILES string of the molecule is O=COc1ccnc(-c2cc(C(=O)O)ccn2)c1.O=COc1ccnc(-c2cc(C(=O)[O-])ccn2)c1.[Ru+].[Ru+].c1ccc2[n-]c(-c3nc4ccccc4[n-]3)nc2c1.c1cnc2c(c1)ccc1cccnc12.c1cnc2c(c1)ccc1cccnc12. The Bertz CT molecular complexity index is 4140. The molecule has 0 atom stereocenters. The molecule has 20 nitrogen and oxygen atoms in total. The van der Waals surface area contributed by atoms with Crippen molar-refractivity contribution in [2.75, 3.05) is 0 Å². The van der Waals surface area contributed by atoms with E-state index in [0.29, 0.717) is 58.9 Å². The van der Waals surface area contributed by atoms with Gasteiger partial charge in [-0.3, -0.25) is 49.5 Å². The van der Waals surface area contributed by atoms with E-state index in [1.807, 2.05) is 72.8 Å². The van der Waals surface area contributed by atoms with E-state index in [4.69, 9.17) is 5.11 Å². The van der Waals surface area contributed by atoms with E-state index >= 15 is 0 Å². The minimum Gasteiger partial charge on any atom is -0.545 e. The van der Waals surface area contributed by atoms with Crippen molar-refractivity contribution in [1.82, 2.24) is 59.8 Å². The molecular weight excluding hydrogens is 1240 g/mol. The van der Waals surface area contributed by atoms with Crippen LogP contribution >= 0.6 is 0 Å². The van der Waals surface area contributed by atoms with Gasteiger partial charge in [0.2, 0.25) is 0 Å². The van der Waals surface area contributed by atoms with Crippen molar-refractivity contribution in [2.24, 2.45) is 0 Å². The Hall–Kier alpha value is -10.8. The van der Waals surface area contributed by atoms with E-state index in [-0.39, 0.29) is 50.1 Å². The molecule has 84 heavy (non-hydrogen) atoms. The number of carboxylic acids is 2. The maximum atomic E-state index is 10.8. The van der Waals surface area contributed by atoms with Crippen molar-refractivity contribution >= 4 is 90.6 Å². The quantitative estimate of drug-likeness (QED) is 0.0799. The minimum absolute atomic E-state index is 0. The van der Waals surface area contributed by atoms with E-state index in [1.165, 1.54) is 73.3 Å². The summed E-state index contributed by atoms with van der Waals surface area (Å²) >= 11 is 0. The zero-order chi connectivity index (χ0) is 56.6. The number of carbonyl (C=O) groups excluding carboxylic acids is 3. The fraction of sp³-hybridized carbons (Fsp3) is 0. The molecule has 22 heteroatoms. The van der Waals surface area contributed by atoms with Crippen LogP contribution in [0.25, 0.3) is 100 Å². The molecule has 14 rings (SSSR count). The average Bonchev–Trinajstić information content (AvgIpc) is 4.03. The van der Waals surface area contributed by atoms with E-state index in [9.17, 15) is 24.3 Å². The number of hydrogen-bond acceptors (Lipinski definition) is 17. The van der Waals surface area contributed by atoms with Gasteiger partial charge in [-0.25, -0.2) is 4.79 Å². The zero-order valence-corrected chi connectivity index (χ0v) is 46.8. The topological polar surface area (TPSA) is 287 Å². The Balaban J connectivity index is 0.000000137. The van der Waals surface area contributed by atoms with Crippen LogP contribution in [0.3, 0.4) is 0 Å². The Kier molecular flexibility index (Phi) is 20.2. The monoisotopic (exact) mass is 1280 g/mol. The van der Waals surface area contributed by atoms with Crippen molar-refractivity contribution < 1.29 is 77.8 Å². The van der Waals surface area contributed by atoms with Gasteiger partial charge >= 0.3 is 44.9 Å². The fourth-order valence-electron chi connectivity index (χ4n) is 8.13. The van der Waals surface area contributed by atoms with Crippen LogP contribution in [0.5, 0.6) is 11.5 Å². The third-order valence-electron chi connectivity index (χ3n) is 11.9. The van der Waals surface area contributed by atoms with Crippen molar-refractivity contribution in [3.63, 3.8) is 0 Å². The van der Waals surface area contributed by atoms with Crippen LogP contribution < -0.4 is 24.5 Å². The Morgan fingerprint density at radius 3 is 1.11 bits per heavy atom. The van der Waals surface area contributed by atoms with E-state index in [1.54, 1.807) is 24.8 Å². The number of nitrogens with zero attached hydrogens (tertiary/aromatic N) is 12. The molecule has 0 amide bonds. The summed E-state index contributed by atoms with van der Waals surface area (Å²) in [4.78, 5) is 93.2. The fourth-order valence-corrected chi connectivity index (χ4v) is 8.13. The first-order valence-electron chi connectivity index (χ1n) is 24.7. The predicted octanol–water partition coefficient (Wildman–Crippen LogP) is 9.34. The van der Waals surface area contributed by atoms with Gasteiger partial charge in [0, 0.05) is 88.8 Å². The van der Waals surface area contributed by atoms with Gasteiger partial charge in [0.1, 0.15) is 11.5 Å². The number of hydrogen-bond donors (Lipinski definition) is 1. The van der Waals surface area contributed by atoms with Crippen molar-refractivity contribution in [3.05, 3.63) is 231 Å². The first kappa shape index (κ1) is 59.3. The molecule has 0 fully saturated rings. The second-order valence-corrected chi connectivity index (χ2v) is 17.1. The second-order valence-electron chi connectivity index (χ2n) is 17.1. The molecule has 0 aliphatic carbocycles. The number of rotatable bonds is 9. The van der Waals surface area contributed by atoms with Crippen LogP contribution in [0.4, 0.5) is 0 Å². The Labute approximate surface area is 501 Å². The number of benzene rings is 4. The van der Waals surface area contributed by atoms with Gasteiger partial charge in [-0.2, -0.15) is 0 Å². The zero-order valence-electron chi connectivity index (χ0n) is 43.3. The van der Waals surface area contributed by atoms with Crippen LogP contribution in [0.15, 0.2) is 219 Å². The van der Waals surface area contributed by atoms with Crippen LogP contribution in [0.1, 0.15) is 20.7 Å². The summed E-state index contributed by atoms with van der Waals surface area (Å²) in [5.41, 5.74) is 9.11. The molecule has 412 valence electrons. The third kappa shape index (κ3) is 14.6. The maximum absolute atomic E-state index is 10.8. The summed E-state index contributed by atoms with van der Waals surface area (Å²) in [5, 5.41) is 24.2. The van der Waals surface area contributed by atoms with Gasteiger partial charge in [-0.1, -0.05) is 109 Å². The smallest absolute Gasteiger partial charge is 0.545 e. The molecule has 0 unspecified atom stereocenters. The molecule has 0 aliphatic rings. The van der Waals surface area contributed by atoms with Gasteiger partial charge in [-0.05, 0) is 82.7 Å². The summed E-state index contributed by atoms with van der Waals surface area (Å²) < 4.78 is 9.35. The number of carboxylic acid groups (broad SMARTS) is 2. The van der Waals surface area contributed by atoms with Crippen LogP contribution in [-0.2, 0) is 48.5 Å². The number of ether oxygens (including phenoxy) is 2. The van der Waals surface area contributed by atoms with Crippen molar-refractivity contribution in [2.45, 2.75) is 0 Å². The number of aromatic nitrogens is 12. The summed E-state index contributed by atoms with van der Waals surface area (Å²) in [7, 11) is 0. The number of imidazole rings is 2. The van der Waals surface area contributed by atoms with Gasteiger partial charge < -0.3 is 44.4 Å². The number of carbonyl (C=O) groups is 4. The molecule has 0 aliphatic heterocycles. The number of fused-ring (bicyclic) bond motifs is 8. The largest absolute Gasteiger partial charge is 1.00 e. The van der Waals surface area contributed by atoms with E-state index in [0.717, 1.165) is 65.7 Å². The molecule has 4 aromatic carbocycles. The van der Waals surface area contributed by atoms with Gasteiger partial charge in [0.15, 0.2) is 0 Å². The third-order valence-corrected chi connectivity index (χ3v) is 11.9. The molecule has 2 radical (unpaired) electrons. The van der Waals surface area contributed by atoms with Crippen LogP contribution in [0, 0.1) is 0 Å². The maximum Gasteiger partial charge on any atom is 1.00 e. The van der Waals surface area contributed by atoms with Gasteiger partial charge in [0.25, 0.3) is 12.9 Å². The number of para-hydroxylation sites is 4. The molecule has 14 aromatic rings. The normalized spacial score (nSPS) is 10.2. The second kappa shape index (κ2) is 28.6. The Morgan fingerprint density at radius 2 is 0.750 bits per heavy atom. The van der Waals surface area contributed by atoms with Crippen LogP contribution in [-0.4, -0.2) is 79.8 Å². The number of aromatic carboxylic acids is 2. The standard InChI is InChI=1S/C14H8N4.2C12H8N2O4.2C12H8N2.2Ru/c1-2-6-10-9(5-1)15-13(16-10)14-17-11-7-3-4-8-12(11)18-14;2*15-7-18-9-2-4-14-11(6-9)10-5-8(12(16)17)1-3-13-10;2*1-3-9-5-6-10-4-2-8-14-12(10)11(9)13-7-1;;/h1-8H;2*1-7H,(H,16,17);2*1-8H;;/q-2;;;;;2*+1/p-1. The molecule has 0 saturated carbocycles.